The molecule has 0 saturated heterocycles. The van der Waals surface area contributed by atoms with Crippen LogP contribution in [-0.4, -0.2) is 37.6 Å². The Morgan fingerprint density at radius 1 is 1.52 bits per heavy atom. The highest BCUT2D eigenvalue weighted by Gasteiger charge is 2.07. The highest BCUT2D eigenvalue weighted by Crippen LogP contribution is 2.12. The number of benzene rings is 1. The van der Waals surface area contributed by atoms with Gasteiger partial charge in [0.15, 0.2) is 0 Å². The van der Waals surface area contributed by atoms with Crippen molar-refractivity contribution >= 4 is 35.0 Å². The van der Waals surface area contributed by atoms with Crippen LogP contribution >= 0.6 is 23.4 Å². The Bertz CT molecular complexity index is 671. The van der Waals surface area contributed by atoms with E-state index in [4.69, 9.17) is 11.6 Å². The van der Waals surface area contributed by atoms with Gasteiger partial charge < -0.3 is 0 Å². The van der Waals surface area contributed by atoms with Crippen molar-refractivity contribution in [2.75, 3.05) is 5.75 Å². The molecule has 0 aliphatic carbocycles. The maximum absolute atomic E-state index is 11.7. The van der Waals surface area contributed by atoms with Crippen LogP contribution in [-0.2, 0) is 11.8 Å². The minimum atomic E-state index is -0.232. The summed E-state index contributed by atoms with van der Waals surface area (Å²) in [6, 6.07) is 7.27. The number of carbonyl (C=O) groups is 1. The van der Waals surface area contributed by atoms with Crippen LogP contribution in [0.5, 0.6) is 0 Å². The Kier molecular flexibility index (Phi) is 5.29. The summed E-state index contributed by atoms with van der Waals surface area (Å²) in [6.45, 7) is 1.80. The van der Waals surface area contributed by atoms with Gasteiger partial charge in [-0.25, -0.2) is 10.1 Å². The summed E-state index contributed by atoms with van der Waals surface area (Å²) in [5.74, 6) is -0.0510. The Morgan fingerprint density at radius 3 is 3.00 bits per heavy atom. The molecule has 0 bridgehead atoms. The number of aryl methyl sites for hydroxylation is 1. The fourth-order valence-corrected chi connectivity index (χ4v) is 2.26. The molecule has 0 unspecified atom stereocenters. The third kappa shape index (κ3) is 4.54. The minimum absolute atomic E-state index is 0.181. The molecule has 0 aliphatic heterocycles. The van der Waals surface area contributed by atoms with Crippen molar-refractivity contribution in [3.63, 3.8) is 0 Å². The average molecular weight is 325 g/mol. The van der Waals surface area contributed by atoms with E-state index in [1.807, 2.05) is 12.1 Å². The lowest BCUT2D eigenvalue weighted by molar-refractivity contribution is -0.118. The molecule has 110 valence electrons. The van der Waals surface area contributed by atoms with E-state index in [9.17, 15) is 4.79 Å². The number of amides is 1. The first-order valence-electron chi connectivity index (χ1n) is 6.00. The van der Waals surface area contributed by atoms with Crippen LogP contribution in [0.3, 0.4) is 0 Å². The lowest BCUT2D eigenvalue weighted by atomic mass is 10.1. The van der Waals surface area contributed by atoms with Gasteiger partial charge in [0.2, 0.25) is 5.16 Å². The zero-order valence-corrected chi connectivity index (χ0v) is 13.0. The summed E-state index contributed by atoms with van der Waals surface area (Å²) in [4.78, 5) is 11.7. The van der Waals surface area contributed by atoms with Gasteiger partial charge >= 0.3 is 0 Å². The van der Waals surface area contributed by atoms with E-state index in [-0.39, 0.29) is 11.7 Å². The number of halogens is 1. The topological polar surface area (TPSA) is 85.1 Å². The SMILES string of the molecule is C/C(=N\NC(=O)CSc1nnnn1C)c1cccc(Cl)c1. The molecule has 0 radical (unpaired) electrons. The normalized spacial score (nSPS) is 11.5. The van der Waals surface area contributed by atoms with E-state index in [0.717, 1.165) is 5.56 Å². The van der Waals surface area contributed by atoms with Gasteiger partial charge in [-0.15, -0.1) is 5.10 Å². The second-order valence-corrected chi connectivity index (χ2v) is 5.50. The number of nitrogens with zero attached hydrogens (tertiary/aromatic N) is 5. The molecule has 1 N–H and O–H groups in total. The Morgan fingerprint density at radius 2 is 2.33 bits per heavy atom. The Balaban J connectivity index is 1.88. The summed E-state index contributed by atoms with van der Waals surface area (Å²) in [7, 11) is 1.71. The van der Waals surface area contributed by atoms with Crippen LogP contribution < -0.4 is 5.43 Å². The van der Waals surface area contributed by atoms with Crippen molar-refractivity contribution in [2.45, 2.75) is 12.1 Å². The number of hydrogen-bond donors (Lipinski definition) is 1. The number of nitrogens with one attached hydrogen (secondary N) is 1. The molecule has 0 spiro atoms. The molecular formula is C12H13ClN6OS. The molecule has 0 fully saturated rings. The zero-order valence-electron chi connectivity index (χ0n) is 11.4. The van der Waals surface area contributed by atoms with Crippen molar-refractivity contribution in [1.82, 2.24) is 25.6 Å². The van der Waals surface area contributed by atoms with E-state index in [0.29, 0.717) is 15.9 Å². The molecule has 2 aromatic rings. The first-order valence-corrected chi connectivity index (χ1v) is 7.37. The third-order valence-electron chi connectivity index (χ3n) is 2.50. The standard InChI is InChI=1S/C12H13ClN6OS/c1-8(9-4-3-5-10(13)6-9)14-15-11(20)7-21-12-16-17-18-19(12)2/h3-6H,7H2,1-2H3,(H,15,20)/b14-8+. The highest BCUT2D eigenvalue weighted by molar-refractivity contribution is 7.99. The maximum Gasteiger partial charge on any atom is 0.250 e. The number of aromatic nitrogens is 4. The van der Waals surface area contributed by atoms with Gasteiger partial charge in [0.1, 0.15) is 0 Å². The summed E-state index contributed by atoms with van der Waals surface area (Å²) in [6.07, 6.45) is 0. The number of carbonyl (C=O) groups excluding carboxylic acids is 1. The van der Waals surface area contributed by atoms with Crippen molar-refractivity contribution in [3.05, 3.63) is 34.9 Å². The summed E-state index contributed by atoms with van der Waals surface area (Å²) in [5.41, 5.74) is 4.02. The lowest BCUT2D eigenvalue weighted by Crippen LogP contribution is -2.21. The molecule has 9 heteroatoms. The van der Waals surface area contributed by atoms with Gasteiger partial charge in [-0.3, -0.25) is 4.79 Å². The molecule has 0 saturated carbocycles. The second-order valence-electron chi connectivity index (χ2n) is 4.12. The highest BCUT2D eigenvalue weighted by atomic mass is 35.5. The van der Waals surface area contributed by atoms with Gasteiger partial charge in [0, 0.05) is 12.1 Å². The molecular weight excluding hydrogens is 312 g/mol. The largest absolute Gasteiger partial charge is 0.272 e. The molecule has 0 aliphatic rings. The predicted octanol–water partition coefficient (Wildman–Crippen LogP) is 1.50. The van der Waals surface area contributed by atoms with Crippen LogP contribution in [0.1, 0.15) is 12.5 Å². The molecule has 0 atom stereocenters. The Labute approximate surface area is 130 Å². The second kappa shape index (κ2) is 7.19. The summed E-state index contributed by atoms with van der Waals surface area (Å²) in [5, 5.41) is 16.2. The number of thioether (sulfide) groups is 1. The molecule has 1 aromatic carbocycles. The zero-order chi connectivity index (χ0) is 15.2. The number of hydrazone groups is 1. The van der Waals surface area contributed by atoms with E-state index in [2.05, 4.69) is 26.1 Å². The number of hydrogen-bond acceptors (Lipinski definition) is 6. The van der Waals surface area contributed by atoms with Crippen molar-refractivity contribution in [2.24, 2.45) is 12.1 Å². The molecule has 1 amide bonds. The summed E-state index contributed by atoms with van der Waals surface area (Å²) < 4.78 is 1.50. The van der Waals surface area contributed by atoms with Gasteiger partial charge in [-0.1, -0.05) is 35.5 Å². The van der Waals surface area contributed by atoms with Gasteiger partial charge in [-0.2, -0.15) is 5.10 Å². The summed E-state index contributed by atoms with van der Waals surface area (Å²) >= 11 is 7.14. The predicted molar refractivity (Wildman–Crippen MR) is 81.3 cm³/mol. The first-order chi connectivity index (χ1) is 10.1. The van der Waals surface area contributed by atoms with Crippen LogP contribution in [0.15, 0.2) is 34.5 Å². The minimum Gasteiger partial charge on any atom is -0.272 e. The monoisotopic (exact) mass is 324 g/mol. The molecule has 21 heavy (non-hydrogen) atoms. The maximum atomic E-state index is 11.7. The number of tetrazole rings is 1. The lowest BCUT2D eigenvalue weighted by Gasteiger charge is -2.03. The van der Waals surface area contributed by atoms with Crippen LogP contribution in [0.2, 0.25) is 5.02 Å². The van der Waals surface area contributed by atoms with E-state index >= 15 is 0 Å². The third-order valence-corrected chi connectivity index (χ3v) is 3.75. The van der Waals surface area contributed by atoms with Crippen LogP contribution in [0.4, 0.5) is 0 Å². The average Bonchev–Trinajstić information content (AvgIpc) is 2.88. The van der Waals surface area contributed by atoms with Gasteiger partial charge in [-0.05, 0) is 35.0 Å². The van der Waals surface area contributed by atoms with E-state index < -0.39 is 0 Å². The first kappa shape index (κ1) is 15.5. The fourth-order valence-electron chi connectivity index (χ4n) is 1.43. The van der Waals surface area contributed by atoms with E-state index in [1.165, 1.54) is 16.4 Å². The fraction of sp³-hybridized carbons (Fsp3) is 0.250. The molecule has 2 rings (SSSR count). The van der Waals surface area contributed by atoms with Crippen molar-refractivity contribution in [3.8, 4) is 0 Å². The van der Waals surface area contributed by atoms with Crippen molar-refractivity contribution in [1.29, 1.82) is 0 Å². The quantitative estimate of drug-likeness (QED) is 0.512. The Hall–Kier alpha value is -1.93. The smallest absolute Gasteiger partial charge is 0.250 e. The van der Waals surface area contributed by atoms with Gasteiger partial charge in [0.25, 0.3) is 5.91 Å². The molecule has 1 aromatic heterocycles. The van der Waals surface area contributed by atoms with Crippen LogP contribution in [0, 0.1) is 0 Å². The molecule has 1 heterocycles. The number of rotatable bonds is 5. The van der Waals surface area contributed by atoms with Gasteiger partial charge in [0.05, 0.1) is 11.5 Å². The van der Waals surface area contributed by atoms with Crippen LogP contribution in [0.25, 0.3) is 0 Å². The van der Waals surface area contributed by atoms with Crippen molar-refractivity contribution < 1.29 is 4.79 Å². The molecule has 7 nitrogen and oxygen atoms in total. The van der Waals surface area contributed by atoms with E-state index in [1.54, 1.807) is 26.1 Å².